The van der Waals surface area contributed by atoms with Crippen LogP contribution >= 0.6 is 11.6 Å². The summed E-state index contributed by atoms with van der Waals surface area (Å²) in [6.07, 6.45) is 1.48. The molecule has 0 aliphatic heterocycles. The molecule has 0 aliphatic rings. The molecule has 0 aliphatic carbocycles. The molecule has 0 radical (unpaired) electrons. The van der Waals surface area contributed by atoms with E-state index >= 15 is 0 Å². The third-order valence-electron chi connectivity index (χ3n) is 2.30. The lowest BCUT2D eigenvalue weighted by Gasteiger charge is -2.05. The maximum Gasteiger partial charge on any atom is 0.332 e. The maximum atomic E-state index is 10.4. The van der Waals surface area contributed by atoms with E-state index in [0.29, 0.717) is 16.5 Å². The van der Waals surface area contributed by atoms with E-state index < -0.39 is 6.03 Å². The molecule has 0 spiro atoms. The van der Waals surface area contributed by atoms with Crippen molar-refractivity contribution in [3.63, 3.8) is 0 Å². The molecule has 2 aromatic carbocycles. The van der Waals surface area contributed by atoms with E-state index in [4.69, 9.17) is 22.1 Å². The number of rotatable bonds is 4. The van der Waals surface area contributed by atoms with Gasteiger partial charge in [-0.2, -0.15) is 5.10 Å². The van der Waals surface area contributed by atoms with Gasteiger partial charge in [-0.05, 0) is 48.0 Å². The molecule has 0 unspecified atom stereocenters. The van der Waals surface area contributed by atoms with Gasteiger partial charge < -0.3 is 10.5 Å². The number of benzene rings is 2. The molecule has 2 amide bonds. The van der Waals surface area contributed by atoms with Crippen LogP contribution < -0.4 is 15.9 Å². The number of nitrogens with zero attached hydrogens (tertiary/aromatic N) is 1. The predicted octanol–water partition coefficient (Wildman–Crippen LogP) is 3.13. The van der Waals surface area contributed by atoms with E-state index in [-0.39, 0.29) is 0 Å². The molecular formula is C14H12ClN3O2. The number of hydrogen-bond acceptors (Lipinski definition) is 3. The number of hydrogen-bond donors (Lipinski definition) is 2. The number of ether oxygens (including phenoxy) is 1. The Labute approximate surface area is 121 Å². The lowest BCUT2D eigenvalue weighted by atomic mass is 10.2. The van der Waals surface area contributed by atoms with Crippen LogP contribution in [-0.2, 0) is 0 Å². The summed E-state index contributed by atoms with van der Waals surface area (Å²) in [6, 6.07) is 13.6. The molecular weight excluding hydrogens is 278 g/mol. The second kappa shape index (κ2) is 6.58. The highest BCUT2D eigenvalue weighted by molar-refractivity contribution is 6.30. The van der Waals surface area contributed by atoms with Crippen molar-refractivity contribution in [3.05, 3.63) is 59.1 Å². The second-order valence-electron chi connectivity index (χ2n) is 3.86. The monoisotopic (exact) mass is 289 g/mol. The third kappa shape index (κ3) is 4.29. The van der Waals surface area contributed by atoms with E-state index in [1.807, 2.05) is 12.1 Å². The van der Waals surface area contributed by atoms with Crippen molar-refractivity contribution in [2.45, 2.75) is 0 Å². The van der Waals surface area contributed by atoms with Crippen LogP contribution in [0.5, 0.6) is 11.5 Å². The lowest BCUT2D eigenvalue weighted by molar-refractivity contribution is 0.249. The standard InChI is InChI=1S/C14H12ClN3O2/c15-11-2-1-3-13(8-11)20-12-6-4-10(5-7-12)9-17-18-14(16)19/h1-9H,(H3,16,18,19)/b17-9+. The van der Waals surface area contributed by atoms with Gasteiger partial charge in [-0.3, -0.25) is 0 Å². The summed E-state index contributed by atoms with van der Waals surface area (Å²) in [5.41, 5.74) is 7.80. The predicted molar refractivity (Wildman–Crippen MR) is 78.3 cm³/mol. The average Bonchev–Trinajstić information content (AvgIpc) is 2.40. The fourth-order valence-electron chi connectivity index (χ4n) is 1.46. The molecule has 0 saturated carbocycles. The van der Waals surface area contributed by atoms with Crippen molar-refractivity contribution in [2.24, 2.45) is 10.8 Å². The summed E-state index contributed by atoms with van der Waals surface area (Å²) in [5, 5.41) is 4.27. The largest absolute Gasteiger partial charge is 0.457 e. The van der Waals surface area contributed by atoms with Gasteiger partial charge in [0, 0.05) is 5.02 Å². The Morgan fingerprint density at radius 2 is 1.95 bits per heavy atom. The summed E-state index contributed by atoms with van der Waals surface area (Å²) in [4.78, 5) is 10.4. The fourth-order valence-corrected chi connectivity index (χ4v) is 1.64. The van der Waals surface area contributed by atoms with Gasteiger partial charge >= 0.3 is 6.03 Å². The van der Waals surface area contributed by atoms with Crippen molar-refractivity contribution in [2.75, 3.05) is 0 Å². The van der Waals surface area contributed by atoms with Crippen LogP contribution in [0, 0.1) is 0 Å². The Kier molecular flexibility index (Phi) is 4.57. The number of urea groups is 1. The van der Waals surface area contributed by atoms with Crippen molar-refractivity contribution in [1.29, 1.82) is 0 Å². The molecule has 2 rings (SSSR count). The Morgan fingerprint density at radius 3 is 2.60 bits per heavy atom. The van der Waals surface area contributed by atoms with Gasteiger partial charge in [-0.25, -0.2) is 10.2 Å². The topological polar surface area (TPSA) is 76.7 Å². The molecule has 5 nitrogen and oxygen atoms in total. The van der Waals surface area contributed by atoms with E-state index in [2.05, 4.69) is 10.5 Å². The smallest absolute Gasteiger partial charge is 0.332 e. The van der Waals surface area contributed by atoms with Crippen LogP contribution in [0.25, 0.3) is 0 Å². The normalized spacial score (nSPS) is 10.4. The van der Waals surface area contributed by atoms with Crippen LogP contribution in [0.4, 0.5) is 4.79 Å². The first kappa shape index (κ1) is 13.9. The number of primary amides is 1. The van der Waals surface area contributed by atoms with Crippen molar-refractivity contribution < 1.29 is 9.53 Å². The summed E-state index contributed by atoms with van der Waals surface area (Å²) >= 11 is 5.88. The second-order valence-corrected chi connectivity index (χ2v) is 4.30. The van der Waals surface area contributed by atoms with Crippen LogP contribution in [0.15, 0.2) is 53.6 Å². The number of nitrogens with two attached hydrogens (primary N) is 1. The average molecular weight is 290 g/mol. The first-order chi connectivity index (χ1) is 9.63. The molecule has 0 atom stereocenters. The highest BCUT2D eigenvalue weighted by Gasteiger charge is 1.98. The van der Waals surface area contributed by atoms with Crippen molar-refractivity contribution in [1.82, 2.24) is 5.43 Å². The van der Waals surface area contributed by atoms with E-state index in [1.165, 1.54) is 6.21 Å². The lowest BCUT2D eigenvalue weighted by Crippen LogP contribution is -2.24. The van der Waals surface area contributed by atoms with Gasteiger partial charge in [0.1, 0.15) is 11.5 Å². The van der Waals surface area contributed by atoms with Gasteiger partial charge in [-0.15, -0.1) is 0 Å². The molecule has 0 aromatic heterocycles. The number of carbonyl (C=O) groups is 1. The Balaban J connectivity index is 2.01. The first-order valence-corrected chi connectivity index (χ1v) is 6.13. The van der Waals surface area contributed by atoms with Crippen LogP contribution in [0.1, 0.15) is 5.56 Å². The summed E-state index contributed by atoms with van der Waals surface area (Å²) in [7, 11) is 0. The van der Waals surface area contributed by atoms with Gasteiger partial charge in [-0.1, -0.05) is 17.7 Å². The zero-order chi connectivity index (χ0) is 14.4. The van der Waals surface area contributed by atoms with Crippen LogP contribution in [0.3, 0.4) is 0 Å². The Morgan fingerprint density at radius 1 is 1.20 bits per heavy atom. The molecule has 20 heavy (non-hydrogen) atoms. The number of nitrogens with one attached hydrogen (secondary N) is 1. The van der Waals surface area contributed by atoms with Crippen LogP contribution in [-0.4, -0.2) is 12.2 Å². The quantitative estimate of drug-likeness (QED) is 0.670. The molecule has 6 heteroatoms. The van der Waals surface area contributed by atoms with Crippen molar-refractivity contribution in [3.8, 4) is 11.5 Å². The van der Waals surface area contributed by atoms with E-state index in [1.54, 1.807) is 36.4 Å². The van der Waals surface area contributed by atoms with Crippen molar-refractivity contribution >= 4 is 23.8 Å². The minimum Gasteiger partial charge on any atom is -0.457 e. The third-order valence-corrected chi connectivity index (χ3v) is 2.54. The zero-order valence-electron chi connectivity index (χ0n) is 10.4. The summed E-state index contributed by atoms with van der Waals surface area (Å²) in [6.45, 7) is 0. The van der Waals surface area contributed by atoms with Gasteiger partial charge in [0.25, 0.3) is 0 Å². The number of carbonyl (C=O) groups excluding carboxylic acids is 1. The SMILES string of the molecule is NC(=O)N/N=C/c1ccc(Oc2cccc(Cl)c2)cc1. The molecule has 0 heterocycles. The highest BCUT2D eigenvalue weighted by atomic mass is 35.5. The molecule has 0 bridgehead atoms. The minimum atomic E-state index is -0.706. The maximum absolute atomic E-state index is 10.4. The minimum absolute atomic E-state index is 0.615. The number of amides is 2. The molecule has 102 valence electrons. The van der Waals surface area contributed by atoms with E-state index in [9.17, 15) is 4.79 Å². The summed E-state index contributed by atoms with van der Waals surface area (Å²) < 4.78 is 5.64. The van der Waals surface area contributed by atoms with E-state index in [0.717, 1.165) is 5.56 Å². The number of hydrazone groups is 1. The molecule has 0 fully saturated rings. The first-order valence-electron chi connectivity index (χ1n) is 5.75. The van der Waals surface area contributed by atoms with Gasteiger partial charge in [0.2, 0.25) is 0 Å². The van der Waals surface area contributed by atoms with Gasteiger partial charge in [0.15, 0.2) is 0 Å². The molecule has 2 aromatic rings. The highest BCUT2D eigenvalue weighted by Crippen LogP contribution is 2.24. The fraction of sp³-hybridized carbons (Fsp3) is 0. The Hall–Kier alpha value is -2.53. The molecule has 3 N–H and O–H groups in total. The molecule has 0 saturated heterocycles. The Bertz CT molecular complexity index is 627. The summed E-state index contributed by atoms with van der Waals surface area (Å²) in [5.74, 6) is 1.33. The number of halogens is 1. The van der Waals surface area contributed by atoms with Crippen LogP contribution in [0.2, 0.25) is 5.02 Å². The van der Waals surface area contributed by atoms with Gasteiger partial charge in [0.05, 0.1) is 6.21 Å². The zero-order valence-corrected chi connectivity index (χ0v) is 11.2.